The molecule has 25 heavy (non-hydrogen) atoms. The summed E-state index contributed by atoms with van der Waals surface area (Å²) >= 11 is 1.50. The van der Waals surface area contributed by atoms with Gasteiger partial charge in [0.15, 0.2) is 0 Å². The maximum Gasteiger partial charge on any atom is 0.264 e. The molecular formula is C17H18N6OS. The Labute approximate surface area is 148 Å². The summed E-state index contributed by atoms with van der Waals surface area (Å²) in [6, 6.07) is 5.98. The molecule has 1 saturated heterocycles. The first-order valence-electron chi connectivity index (χ1n) is 8.58. The Morgan fingerprint density at radius 1 is 1.20 bits per heavy atom. The largest absolute Gasteiger partial charge is 0.365 e. The zero-order valence-electron chi connectivity index (χ0n) is 13.7. The minimum atomic E-state index is 0.135. The van der Waals surface area contributed by atoms with E-state index >= 15 is 0 Å². The van der Waals surface area contributed by atoms with E-state index in [1.807, 2.05) is 22.4 Å². The van der Waals surface area contributed by atoms with Crippen LogP contribution in [0.1, 0.15) is 34.1 Å². The van der Waals surface area contributed by atoms with E-state index in [0.717, 1.165) is 48.1 Å². The molecule has 2 fully saturated rings. The number of carbonyl (C=O) groups excluding carboxylic acids is 1. The van der Waals surface area contributed by atoms with E-state index in [1.165, 1.54) is 24.2 Å². The van der Waals surface area contributed by atoms with Gasteiger partial charge in [-0.1, -0.05) is 6.07 Å². The van der Waals surface area contributed by atoms with E-state index in [-0.39, 0.29) is 5.91 Å². The summed E-state index contributed by atoms with van der Waals surface area (Å²) in [5, 5.41) is 14.8. The second kappa shape index (κ2) is 5.80. The van der Waals surface area contributed by atoms with Crippen LogP contribution in [0.25, 0.3) is 5.65 Å². The van der Waals surface area contributed by atoms with Gasteiger partial charge >= 0.3 is 0 Å². The van der Waals surface area contributed by atoms with Gasteiger partial charge in [0.2, 0.25) is 5.65 Å². The average Bonchev–Trinajstić information content (AvgIpc) is 3.16. The summed E-state index contributed by atoms with van der Waals surface area (Å²) in [4.78, 5) is 17.6. The van der Waals surface area contributed by atoms with Crippen molar-refractivity contribution >= 4 is 28.6 Å². The molecule has 0 bridgehead atoms. The molecule has 2 aliphatic rings. The Bertz CT molecular complexity index is 909. The summed E-state index contributed by atoms with van der Waals surface area (Å²) < 4.78 is 1.78. The molecule has 0 spiro atoms. The highest BCUT2D eigenvalue weighted by molar-refractivity contribution is 7.12. The van der Waals surface area contributed by atoms with Crippen molar-refractivity contribution in [2.45, 2.75) is 18.8 Å². The molecule has 0 atom stereocenters. The zero-order valence-corrected chi connectivity index (χ0v) is 14.5. The minimum Gasteiger partial charge on any atom is -0.365 e. The van der Waals surface area contributed by atoms with Crippen molar-refractivity contribution < 1.29 is 4.79 Å². The number of fused-ring (bicyclic) bond motifs is 1. The van der Waals surface area contributed by atoms with Gasteiger partial charge in [-0.05, 0) is 30.4 Å². The third kappa shape index (κ3) is 2.66. The molecule has 3 aromatic heterocycles. The summed E-state index contributed by atoms with van der Waals surface area (Å²) in [5.41, 5.74) is 3.00. The molecule has 0 N–H and O–H groups in total. The quantitative estimate of drug-likeness (QED) is 0.720. The smallest absolute Gasteiger partial charge is 0.264 e. The first kappa shape index (κ1) is 14.8. The molecule has 1 aliphatic heterocycles. The Balaban J connectivity index is 1.38. The van der Waals surface area contributed by atoms with Crippen LogP contribution in [0.15, 0.2) is 29.9 Å². The van der Waals surface area contributed by atoms with Crippen molar-refractivity contribution in [1.82, 2.24) is 24.7 Å². The number of thiophene rings is 1. The Kier molecular flexibility index (Phi) is 3.44. The maximum absolute atomic E-state index is 12.5. The predicted octanol–water partition coefficient (Wildman–Crippen LogP) is 2.03. The van der Waals surface area contributed by atoms with E-state index < -0.39 is 0 Å². The fraction of sp³-hybridized carbons (Fsp3) is 0.412. The van der Waals surface area contributed by atoms with Crippen molar-refractivity contribution in [3.05, 3.63) is 40.5 Å². The van der Waals surface area contributed by atoms with Crippen LogP contribution in [0, 0.1) is 0 Å². The molecular weight excluding hydrogens is 336 g/mol. The highest BCUT2D eigenvalue weighted by Crippen LogP contribution is 2.40. The Morgan fingerprint density at radius 2 is 2.04 bits per heavy atom. The number of piperazine rings is 1. The number of amides is 1. The van der Waals surface area contributed by atoms with Gasteiger partial charge in [0.05, 0.1) is 16.3 Å². The average molecular weight is 354 g/mol. The molecule has 0 radical (unpaired) electrons. The van der Waals surface area contributed by atoms with Gasteiger partial charge in [-0.15, -0.1) is 21.5 Å². The molecule has 5 rings (SSSR count). The number of rotatable bonds is 3. The third-order valence-corrected chi connectivity index (χ3v) is 5.76. The lowest BCUT2D eigenvalue weighted by molar-refractivity contribution is 0.0751. The number of nitrogens with zero attached hydrogens (tertiary/aromatic N) is 6. The van der Waals surface area contributed by atoms with Gasteiger partial charge in [-0.3, -0.25) is 4.79 Å². The lowest BCUT2D eigenvalue weighted by atomic mass is 10.2. The van der Waals surface area contributed by atoms with Crippen LogP contribution >= 0.6 is 11.3 Å². The molecule has 0 unspecified atom stereocenters. The van der Waals surface area contributed by atoms with Crippen LogP contribution in [-0.4, -0.2) is 56.8 Å². The second-order valence-corrected chi connectivity index (χ2v) is 7.53. The van der Waals surface area contributed by atoms with Gasteiger partial charge < -0.3 is 9.80 Å². The highest BCUT2D eigenvalue weighted by atomic mass is 32.1. The SMILES string of the molecule is O=C(c1cccs1)N1CCN(c2cc(C3CC3)nn3cnnc23)CC1. The second-order valence-electron chi connectivity index (χ2n) is 6.58. The van der Waals surface area contributed by atoms with Crippen LogP contribution in [0.4, 0.5) is 5.69 Å². The van der Waals surface area contributed by atoms with E-state index in [4.69, 9.17) is 0 Å². The van der Waals surface area contributed by atoms with E-state index in [1.54, 1.807) is 10.8 Å². The molecule has 8 heteroatoms. The molecule has 128 valence electrons. The molecule has 7 nitrogen and oxygen atoms in total. The van der Waals surface area contributed by atoms with Crippen molar-refractivity contribution in [2.75, 3.05) is 31.1 Å². The molecule has 1 amide bonds. The number of aromatic nitrogens is 4. The van der Waals surface area contributed by atoms with Gasteiger partial charge in [-0.25, -0.2) is 0 Å². The fourth-order valence-corrected chi connectivity index (χ4v) is 4.04. The Hall–Kier alpha value is -2.48. The van der Waals surface area contributed by atoms with E-state index in [2.05, 4.69) is 26.3 Å². The molecule has 3 aromatic rings. The number of anilines is 1. The molecule has 1 saturated carbocycles. The van der Waals surface area contributed by atoms with Crippen LogP contribution in [0.2, 0.25) is 0 Å². The van der Waals surface area contributed by atoms with Crippen LogP contribution in [-0.2, 0) is 0 Å². The van der Waals surface area contributed by atoms with Crippen molar-refractivity contribution in [2.24, 2.45) is 0 Å². The summed E-state index contributed by atoms with van der Waals surface area (Å²) in [5.74, 6) is 0.711. The van der Waals surface area contributed by atoms with E-state index in [0.29, 0.717) is 5.92 Å². The normalized spacial score (nSPS) is 18.1. The summed E-state index contributed by atoms with van der Waals surface area (Å²) in [6.45, 7) is 3.04. The fourth-order valence-electron chi connectivity index (χ4n) is 3.35. The monoisotopic (exact) mass is 354 g/mol. The number of carbonyl (C=O) groups is 1. The van der Waals surface area contributed by atoms with E-state index in [9.17, 15) is 4.79 Å². The topological polar surface area (TPSA) is 66.6 Å². The summed E-state index contributed by atoms with van der Waals surface area (Å²) in [7, 11) is 0. The van der Waals surface area contributed by atoms with Crippen LogP contribution in [0.3, 0.4) is 0 Å². The van der Waals surface area contributed by atoms with Crippen LogP contribution in [0.5, 0.6) is 0 Å². The maximum atomic E-state index is 12.5. The van der Waals surface area contributed by atoms with Crippen molar-refractivity contribution in [3.63, 3.8) is 0 Å². The third-order valence-electron chi connectivity index (χ3n) is 4.90. The van der Waals surface area contributed by atoms with Gasteiger partial charge in [-0.2, -0.15) is 9.61 Å². The van der Waals surface area contributed by atoms with Crippen LogP contribution < -0.4 is 4.90 Å². The summed E-state index contributed by atoms with van der Waals surface area (Å²) in [6.07, 6.45) is 4.09. The zero-order chi connectivity index (χ0) is 16.8. The first-order chi connectivity index (χ1) is 12.3. The predicted molar refractivity (Wildman–Crippen MR) is 95.2 cm³/mol. The number of hydrogen-bond donors (Lipinski definition) is 0. The highest BCUT2D eigenvalue weighted by Gasteiger charge is 2.29. The van der Waals surface area contributed by atoms with Gasteiger partial charge in [0, 0.05) is 32.1 Å². The standard InChI is InChI=1S/C17H18N6OS/c24-17(15-2-1-9-25-15)22-7-5-21(6-8-22)14-10-13(12-3-4-12)20-23-11-18-19-16(14)23/h1-2,9-12H,3-8H2. The minimum absolute atomic E-state index is 0.135. The Morgan fingerprint density at radius 3 is 2.76 bits per heavy atom. The van der Waals surface area contributed by atoms with Gasteiger partial charge in [0.25, 0.3) is 5.91 Å². The molecule has 0 aromatic carbocycles. The van der Waals surface area contributed by atoms with Gasteiger partial charge in [0.1, 0.15) is 6.33 Å². The number of hydrogen-bond acceptors (Lipinski definition) is 6. The van der Waals surface area contributed by atoms with Crippen molar-refractivity contribution in [1.29, 1.82) is 0 Å². The van der Waals surface area contributed by atoms with Crippen molar-refractivity contribution in [3.8, 4) is 0 Å². The lowest BCUT2D eigenvalue weighted by Crippen LogP contribution is -2.48. The molecule has 1 aliphatic carbocycles. The molecule has 4 heterocycles. The first-order valence-corrected chi connectivity index (χ1v) is 9.46. The lowest BCUT2D eigenvalue weighted by Gasteiger charge is -2.36.